The van der Waals surface area contributed by atoms with Crippen molar-refractivity contribution >= 4 is 6.09 Å². The molecule has 0 saturated carbocycles. The number of hydrogen-bond donors (Lipinski definition) is 3. The molecular weight excluding hydrogens is 292 g/mol. The van der Waals surface area contributed by atoms with Gasteiger partial charge in [-0.1, -0.05) is 60.7 Å². The first-order valence-corrected chi connectivity index (χ1v) is 7.53. The van der Waals surface area contributed by atoms with Crippen molar-refractivity contribution in [3.8, 4) is 0 Å². The van der Waals surface area contributed by atoms with Crippen molar-refractivity contribution in [3.05, 3.63) is 71.8 Å². The maximum atomic E-state index is 12.0. The SMILES string of the molecule is [2H]NCC(O)[C@H](Cc1ccccc1)NC(=O)OCc1ccccc1. The Morgan fingerprint density at radius 1 is 1.13 bits per heavy atom. The highest BCUT2D eigenvalue weighted by atomic mass is 16.5. The van der Waals surface area contributed by atoms with E-state index < -0.39 is 18.2 Å². The Morgan fingerprint density at radius 2 is 1.74 bits per heavy atom. The van der Waals surface area contributed by atoms with E-state index in [4.69, 9.17) is 6.15 Å². The Labute approximate surface area is 137 Å². The van der Waals surface area contributed by atoms with Crippen LogP contribution in [0.25, 0.3) is 0 Å². The molecule has 1 amide bonds. The summed E-state index contributed by atoms with van der Waals surface area (Å²) in [5.41, 5.74) is 4.04. The Kier molecular flexibility index (Phi) is 6.02. The summed E-state index contributed by atoms with van der Waals surface area (Å²) in [6.45, 7) is 0.216. The zero-order valence-electron chi connectivity index (χ0n) is 13.8. The molecule has 122 valence electrons. The number of aliphatic hydroxyl groups is 1. The zero-order valence-corrected chi connectivity index (χ0v) is 12.8. The van der Waals surface area contributed by atoms with Gasteiger partial charge in [0.05, 0.1) is 12.1 Å². The van der Waals surface area contributed by atoms with Gasteiger partial charge in [0.15, 0.2) is 0 Å². The average molecular weight is 315 g/mol. The minimum Gasteiger partial charge on any atom is -0.445 e. The minimum absolute atomic E-state index is 0.0520. The number of benzene rings is 2. The van der Waals surface area contributed by atoms with E-state index in [9.17, 15) is 9.90 Å². The van der Waals surface area contributed by atoms with Crippen LogP contribution in [0.3, 0.4) is 0 Å². The smallest absolute Gasteiger partial charge is 0.407 e. The number of aliphatic hydroxyl groups excluding tert-OH is 1. The molecule has 0 heterocycles. The molecule has 0 bridgehead atoms. The summed E-state index contributed by atoms with van der Waals surface area (Å²) in [5, 5.41) is 12.8. The third kappa shape index (κ3) is 5.73. The standard InChI is InChI=1S/C18H22N2O3/c19-12-17(21)16(11-14-7-3-1-4-8-14)20-18(22)23-13-15-9-5-2-6-10-15/h1-10,16-17,21H,11-13,19H2,(H,20,22)/t16-,17?/m0/s1/i/hD. The molecule has 0 aromatic heterocycles. The van der Waals surface area contributed by atoms with Gasteiger partial charge in [-0.05, 0) is 17.5 Å². The second kappa shape index (κ2) is 8.92. The highest BCUT2D eigenvalue weighted by Gasteiger charge is 2.21. The van der Waals surface area contributed by atoms with Gasteiger partial charge in [0, 0.05) is 6.54 Å². The number of carbonyl (C=O) groups is 1. The van der Waals surface area contributed by atoms with Gasteiger partial charge >= 0.3 is 6.09 Å². The van der Waals surface area contributed by atoms with Crippen LogP contribution in [0.15, 0.2) is 60.7 Å². The number of alkyl carbamates (subject to hydrolysis) is 1. The molecule has 5 nitrogen and oxygen atoms in total. The molecule has 0 saturated heterocycles. The number of ether oxygens (including phenoxy) is 1. The topological polar surface area (TPSA) is 84.6 Å². The lowest BCUT2D eigenvalue weighted by atomic mass is 10.0. The number of nitrogens with one attached hydrogen (secondary N) is 1. The molecule has 1 unspecified atom stereocenters. The van der Waals surface area contributed by atoms with Crippen LogP contribution in [0.5, 0.6) is 0 Å². The van der Waals surface area contributed by atoms with Crippen LogP contribution < -0.4 is 11.0 Å². The average Bonchev–Trinajstić information content (AvgIpc) is 2.61. The van der Waals surface area contributed by atoms with E-state index in [2.05, 4.69) is 11.0 Å². The van der Waals surface area contributed by atoms with Gasteiger partial charge in [-0.25, -0.2) is 4.79 Å². The van der Waals surface area contributed by atoms with Crippen LogP contribution in [0.2, 0.25) is 1.41 Å². The van der Waals surface area contributed by atoms with Crippen molar-refractivity contribution in [2.75, 3.05) is 6.54 Å². The Morgan fingerprint density at radius 3 is 2.35 bits per heavy atom. The van der Waals surface area contributed by atoms with Gasteiger partial charge in [-0.2, -0.15) is 0 Å². The van der Waals surface area contributed by atoms with Gasteiger partial charge in [-0.15, -0.1) is 0 Å². The van der Waals surface area contributed by atoms with Crippen LogP contribution in [-0.2, 0) is 17.8 Å². The predicted octanol–water partition coefficient (Wildman–Crippen LogP) is 1.84. The molecule has 0 radical (unpaired) electrons. The molecule has 4 N–H and O–H groups in total. The van der Waals surface area contributed by atoms with Gasteiger partial charge in [0.2, 0.25) is 0 Å². The minimum atomic E-state index is -0.896. The van der Waals surface area contributed by atoms with E-state index in [1.54, 1.807) is 0 Å². The third-order valence-electron chi connectivity index (χ3n) is 3.49. The highest BCUT2D eigenvalue weighted by molar-refractivity contribution is 5.67. The summed E-state index contributed by atoms with van der Waals surface area (Å²) < 4.78 is 12.2. The van der Waals surface area contributed by atoms with E-state index >= 15 is 0 Å². The van der Waals surface area contributed by atoms with E-state index in [1.807, 2.05) is 60.7 Å². The number of hydrogen-bond acceptors (Lipinski definition) is 4. The molecule has 23 heavy (non-hydrogen) atoms. The zero-order chi connectivity index (χ0) is 17.2. The monoisotopic (exact) mass is 315 g/mol. The lowest BCUT2D eigenvalue weighted by molar-refractivity contribution is 0.105. The first-order chi connectivity index (χ1) is 11.7. The molecule has 2 aromatic carbocycles. The fourth-order valence-electron chi connectivity index (χ4n) is 2.21. The van der Waals surface area contributed by atoms with Gasteiger partial charge in [0.25, 0.3) is 0 Å². The lowest BCUT2D eigenvalue weighted by Crippen LogP contribution is -2.48. The van der Waals surface area contributed by atoms with Gasteiger partial charge in [0.1, 0.15) is 8.02 Å². The summed E-state index contributed by atoms with van der Waals surface area (Å²) in [6.07, 6.45) is -1.04. The second-order valence-electron chi connectivity index (χ2n) is 5.27. The highest BCUT2D eigenvalue weighted by Crippen LogP contribution is 2.07. The molecule has 2 atom stereocenters. The van der Waals surface area contributed by atoms with Crippen molar-refractivity contribution in [2.45, 2.75) is 25.2 Å². The summed E-state index contributed by atoms with van der Waals surface area (Å²) in [4.78, 5) is 12.0. The quantitative estimate of drug-likeness (QED) is 0.694. The first kappa shape index (κ1) is 15.5. The largest absolute Gasteiger partial charge is 0.445 e. The summed E-state index contributed by atoms with van der Waals surface area (Å²) >= 11 is 0. The molecule has 2 rings (SSSR count). The summed E-state index contributed by atoms with van der Waals surface area (Å²) in [7, 11) is 0. The third-order valence-corrected chi connectivity index (χ3v) is 3.49. The molecule has 0 spiro atoms. The number of carbonyl (C=O) groups excluding carboxylic acids is 1. The van der Waals surface area contributed by atoms with Gasteiger partial charge < -0.3 is 20.9 Å². The van der Waals surface area contributed by atoms with Crippen LogP contribution in [0.1, 0.15) is 11.1 Å². The molecule has 0 aliphatic carbocycles. The normalized spacial score (nSPS) is 13.7. The van der Waals surface area contributed by atoms with Crippen molar-refractivity contribution < 1.29 is 16.0 Å². The Bertz CT molecular complexity index is 610. The maximum absolute atomic E-state index is 12.0. The Balaban J connectivity index is 1.92. The summed E-state index contributed by atoms with van der Waals surface area (Å²) in [6, 6.07) is 18.4. The van der Waals surface area contributed by atoms with Crippen molar-refractivity contribution in [3.63, 3.8) is 0 Å². The van der Waals surface area contributed by atoms with Crippen LogP contribution in [0, 0.1) is 0 Å². The molecule has 2 aromatic rings. The van der Waals surface area contributed by atoms with E-state index in [0.717, 1.165) is 11.1 Å². The number of nitrogens with two attached hydrogens (primary N) is 1. The number of rotatable bonds is 8. The van der Waals surface area contributed by atoms with E-state index in [-0.39, 0.29) is 13.2 Å². The van der Waals surface area contributed by atoms with Crippen LogP contribution >= 0.6 is 0 Å². The van der Waals surface area contributed by atoms with Crippen LogP contribution in [-0.4, -0.2) is 29.9 Å². The molecule has 0 aliphatic heterocycles. The van der Waals surface area contributed by atoms with Crippen LogP contribution in [0.4, 0.5) is 4.79 Å². The second-order valence-corrected chi connectivity index (χ2v) is 5.27. The van der Waals surface area contributed by atoms with E-state index in [0.29, 0.717) is 6.42 Å². The van der Waals surface area contributed by atoms with Crippen molar-refractivity contribution in [1.29, 1.82) is 0 Å². The molecule has 0 aliphatic rings. The molecule has 5 heteroatoms. The summed E-state index contributed by atoms with van der Waals surface area (Å²) in [5.74, 6) is 0. The van der Waals surface area contributed by atoms with Crippen molar-refractivity contribution in [1.82, 2.24) is 5.32 Å². The Hall–Kier alpha value is -2.37. The van der Waals surface area contributed by atoms with Gasteiger partial charge in [-0.3, -0.25) is 0 Å². The first-order valence-electron chi connectivity index (χ1n) is 8.03. The predicted molar refractivity (Wildman–Crippen MR) is 88.8 cm³/mol. The molecule has 0 fully saturated rings. The maximum Gasteiger partial charge on any atom is 0.407 e. The fraction of sp³-hybridized carbons (Fsp3) is 0.278. The van der Waals surface area contributed by atoms with Crippen molar-refractivity contribution in [2.24, 2.45) is 5.73 Å². The van der Waals surface area contributed by atoms with E-state index in [1.165, 1.54) is 0 Å². The fourth-order valence-corrected chi connectivity index (χ4v) is 2.21. The molecular formula is C18H22N2O3. The lowest BCUT2D eigenvalue weighted by Gasteiger charge is -2.23. The number of amides is 1.